The highest BCUT2D eigenvalue weighted by molar-refractivity contribution is 6.35. The van der Waals surface area contributed by atoms with E-state index in [2.05, 4.69) is 12.3 Å². The molecule has 1 aromatic carbocycles. The van der Waals surface area contributed by atoms with Crippen molar-refractivity contribution in [2.24, 2.45) is 5.84 Å². The Labute approximate surface area is 119 Å². The Balaban J connectivity index is 2.46. The summed E-state index contributed by atoms with van der Waals surface area (Å²) in [5.74, 6) is 5.54. The zero-order valence-corrected chi connectivity index (χ0v) is 12.1. The van der Waals surface area contributed by atoms with Gasteiger partial charge >= 0.3 is 0 Å². The molecule has 102 valence electrons. The molecule has 18 heavy (non-hydrogen) atoms. The van der Waals surface area contributed by atoms with Gasteiger partial charge in [-0.15, -0.1) is 0 Å². The minimum Gasteiger partial charge on any atom is -0.381 e. The van der Waals surface area contributed by atoms with Crippen molar-refractivity contribution in [1.29, 1.82) is 0 Å². The Morgan fingerprint density at radius 2 is 2.11 bits per heavy atom. The van der Waals surface area contributed by atoms with Crippen LogP contribution in [0.5, 0.6) is 0 Å². The molecule has 0 aliphatic heterocycles. The second-order valence-corrected chi connectivity index (χ2v) is 5.05. The molecule has 0 saturated carbocycles. The molecule has 3 nitrogen and oxygen atoms in total. The number of nitrogens with two attached hydrogens (primary N) is 1. The molecule has 1 rings (SSSR count). The molecule has 0 aliphatic rings. The van der Waals surface area contributed by atoms with E-state index in [1.54, 1.807) is 6.07 Å². The van der Waals surface area contributed by atoms with Gasteiger partial charge in [0, 0.05) is 29.3 Å². The highest BCUT2D eigenvalue weighted by atomic mass is 35.5. The van der Waals surface area contributed by atoms with Gasteiger partial charge in [-0.3, -0.25) is 11.3 Å². The zero-order chi connectivity index (χ0) is 13.4. The summed E-state index contributed by atoms with van der Waals surface area (Å²) >= 11 is 12.0. The van der Waals surface area contributed by atoms with E-state index < -0.39 is 0 Å². The highest BCUT2D eigenvalue weighted by Gasteiger charge is 2.10. The number of ether oxygens (including phenoxy) is 1. The van der Waals surface area contributed by atoms with Gasteiger partial charge in [-0.2, -0.15) is 0 Å². The Kier molecular flexibility index (Phi) is 7.63. The Bertz CT molecular complexity index is 361. The monoisotopic (exact) mass is 290 g/mol. The maximum absolute atomic E-state index is 6.13. The molecule has 1 atom stereocenters. The summed E-state index contributed by atoms with van der Waals surface area (Å²) in [7, 11) is 0. The molecule has 0 aliphatic carbocycles. The van der Waals surface area contributed by atoms with E-state index in [0.717, 1.165) is 31.4 Å². The number of rotatable bonds is 8. The summed E-state index contributed by atoms with van der Waals surface area (Å²) in [5, 5.41) is 1.32. The maximum Gasteiger partial charge on any atom is 0.0481 e. The molecule has 3 N–H and O–H groups in total. The van der Waals surface area contributed by atoms with E-state index in [-0.39, 0.29) is 6.04 Å². The second-order valence-electron chi connectivity index (χ2n) is 4.20. The largest absolute Gasteiger partial charge is 0.381 e. The number of nitrogens with one attached hydrogen (secondary N) is 1. The summed E-state index contributed by atoms with van der Waals surface area (Å²) in [6.45, 7) is 3.58. The van der Waals surface area contributed by atoms with Crippen LogP contribution in [-0.2, 0) is 11.2 Å². The third kappa shape index (κ3) is 5.55. The lowest BCUT2D eigenvalue weighted by molar-refractivity contribution is 0.124. The minimum atomic E-state index is 0.153. The van der Waals surface area contributed by atoms with Crippen molar-refractivity contribution in [3.05, 3.63) is 33.8 Å². The number of hydrogen-bond acceptors (Lipinski definition) is 3. The average Bonchev–Trinajstić information content (AvgIpc) is 2.35. The Morgan fingerprint density at radius 3 is 2.72 bits per heavy atom. The molecule has 0 bridgehead atoms. The van der Waals surface area contributed by atoms with Gasteiger partial charge in [0.15, 0.2) is 0 Å². The number of hydrogen-bond donors (Lipinski definition) is 2. The van der Waals surface area contributed by atoms with Crippen molar-refractivity contribution in [2.45, 2.75) is 32.2 Å². The number of benzene rings is 1. The van der Waals surface area contributed by atoms with Crippen molar-refractivity contribution in [3.63, 3.8) is 0 Å². The van der Waals surface area contributed by atoms with Crippen molar-refractivity contribution in [1.82, 2.24) is 5.43 Å². The van der Waals surface area contributed by atoms with Crippen LogP contribution >= 0.6 is 23.2 Å². The van der Waals surface area contributed by atoms with E-state index in [0.29, 0.717) is 16.7 Å². The van der Waals surface area contributed by atoms with E-state index in [9.17, 15) is 0 Å². The van der Waals surface area contributed by atoms with Crippen LogP contribution in [0.3, 0.4) is 0 Å². The number of hydrazine groups is 1. The first-order chi connectivity index (χ1) is 8.67. The van der Waals surface area contributed by atoms with Gasteiger partial charge in [-0.1, -0.05) is 36.2 Å². The van der Waals surface area contributed by atoms with Crippen LogP contribution in [-0.4, -0.2) is 19.3 Å². The van der Waals surface area contributed by atoms with Crippen molar-refractivity contribution < 1.29 is 4.74 Å². The lowest BCUT2D eigenvalue weighted by Gasteiger charge is -2.16. The topological polar surface area (TPSA) is 47.3 Å². The third-order valence-corrected chi connectivity index (χ3v) is 3.26. The minimum absolute atomic E-state index is 0.153. The molecule has 1 unspecified atom stereocenters. The predicted molar refractivity (Wildman–Crippen MR) is 77.0 cm³/mol. The summed E-state index contributed by atoms with van der Waals surface area (Å²) in [5.41, 5.74) is 3.84. The Morgan fingerprint density at radius 1 is 1.33 bits per heavy atom. The fourth-order valence-corrected chi connectivity index (χ4v) is 2.15. The van der Waals surface area contributed by atoms with Gasteiger partial charge in [-0.25, -0.2) is 0 Å². The second kappa shape index (κ2) is 8.73. The Hall–Kier alpha value is -0.320. The smallest absolute Gasteiger partial charge is 0.0481 e. The SMILES string of the molecule is CCCOCCC(Cc1ccc(Cl)cc1Cl)NN. The first kappa shape index (κ1) is 15.7. The molecular formula is C13H20Cl2N2O. The highest BCUT2D eigenvalue weighted by Crippen LogP contribution is 2.22. The number of halogens is 2. The molecule has 5 heteroatoms. The maximum atomic E-state index is 6.13. The van der Waals surface area contributed by atoms with Crippen molar-refractivity contribution >= 4 is 23.2 Å². The summed E-state index contributed by atoms with van der Waals surface area (Å²) in [6.07, 6.45) is 2.65. The first-order valence-electron chi connectivity index (χ1n) is 6.15. The molecule has 0 radical (unpaired) electrons. The van der Waals surface area contributed by atoms with Crippen molar-refractivity contribution in [2.75, 3.05) is 13.2 Å². The zero-order valence-electron chi connectivity index (χ0n) is 10.6. The van der Waals surface area contributed by atoms with Crippen LogP contribution in [0.15, 0.2) is 18.2 Å². The molecule has 1 aromatic rings. The average molecular weight is 291 g/mol. The lowest BCUT2D eigenvalue weighted by Crippen LogP contribution is -2.37. The molecule has 0 spiro atoms. The molecular weight excluding hydrogens is 271 g/mol. The molecule has 0 aromatic heterocycles. The van der Waals surface area contributed by atoms with Gasteiger partial charge in [0.25, 0.3) is 0 Å². The summed E-state index contributed by atoms with van der Waals surface area (Å²) in [6, 6.07) is 5.67. The van der Waals surface area contributed by atoms with Crippen LogP contribution < -0.4 is 11.3 Å². The standard InChI is InChI=1S/C13H20Cl2N2O/c1-2-6-18-7-5-12(17-16)8-10-3-4-11(14)9-13(10)15/h3-4,9,12,17H,2,5-8,16H2,1H3. The summed E-state index contributed by atoms with van der Waals surface area (Å²) in [4.78, 5) is 0. The third-order valence-electron chi connectivity index (χ3n) is 2.68. The fraction of sp³-hybridized carbons (Fsp3) is 0.538. The molecule has 0 fully saturated rings. The van der Waals surface area contributed by atoms with Crippen LogP contribution in [0.4, 0.5) is 0 Å². The fourth-order valence-electron chi connectivity index (χ4n) is 1.67. The van der Waals surface area contributed by atoms with E-state index in [1.807, 2.05) is 12.1 Å². The van der Waals surface area contributed by atoms with Gasteiger partial charge in [0.1, 0.15) is 0 Å². The van der Waals surface area contributed by atoms with Crippen LogP contribution in [0.2, 0.25) is 10.0 Å². The molecule has 0 heterocycles. The van der Waals surface area contributed by atoms with E-state index in [1.165, 1.54) is 0 Å². The molecule has 0 saturated heterocycles. The summed E-state index contributed by atoms with van der Waals surface area (Å²) < 4.78 is 5.45. The van der Waals surface area contributed by atoms with Gasteiger partial charge in [0.2, 0.25) is 0 Å². The quantitative estimate of drug-likeness (QED) is 0.439. The van der Waals surface area contributed by atoms with E-state index >= 15 is 0 Å². The molecule has 0 amide bonds. The van der Waals surface area contributed by atoms with Gasteiger partial charge < -0.3 is 4.74 Å². The first-order valence-corrected chi connectivity index (χ1v) is 6.90. The predicted octanol–water partition coefficient (Wildman–Crippen LogP) is 3.18. The van der Waals surface area contributed by atoms with Crippen LogP contribution in [0.1, 0.15) is 25.3 Å². The van der Waals surface area contributed by atoms with Crippen LogP contribution in [0.25, 0.3) is 0 Å². The van der Waals surface area contributed by atoms with Gasteiger partial charge in [0.05, 0.1) is 0 Å². The van der Waals surface area contributed by atoms with Gasteiger partial charge in [-0.05, 0) is 37.0 Å². The van der Waals surface area contributed by atoms with E-state index in [4.69, 9.17) is 33.8 Å². The van der Waals surface area contributed by atoms with Crippen molar-refractivity contribution in [3.8, 4) is 0 Å². The normalized spacial score (nSPS) is 12.7. The van der Waals surface area contributed by atoms with Crippen LogP contribution in [0, 0.1) is 0 Å². The lowest BCUT2D eigenvalue weighted by atomic mass is 10.0.